The van der Waals surface area contributed by atoms with Gasteiger partial charge in [0.05, 0.1) is 27.9 Å². The molecule has 4 rings (SSSR count). The van der Waals surface area contributed by atoms with Crippen molar-refractivity contribution in [2.24, 2.45) is 0 Å². The Balaban J connectivity index is 1.91. The number of aromatic nitrogens is 4. The summed E-state index contributed by atoms with van der Waals surface area (Å²) in [6.07, 6.45) is -8.06. The molecule has 0 unspecified atom stereocenters. The molecule has 0 aliphatic heterocycles. The Morgan fingerprint density at radius 2 is 1.67 bits per heavy atom. The Morgan fingerprint density at radius 3 is 2.26 bits per heavy atom. The molecule has 0 spiro atoms. The summed E-state index contributed by atoms with van der Waals surface area (Å²) in [7, 11) is -4.56. The molecular weight excluding hydrogens is 604 g/mol. The molecule has 2 N–H and O–H groups in total. The van der Waals surface area contributed by atoms with Crippen molar-refractivity contribution >= 4 is 32.9 Å². The number of carbonyl (C=O) groups excluding carboxylic acids is 1. The van der Waals surface area contributed by atoms with Gasteiger partial charge >= 0.3 is 12.4 Å². The summed E-state index contributed by atoms with van der Waals surface area (Å²) in [5.41, 5.74) is -3.59. The molecule has 3 heterocycles. The van der Waals surface area contributed by atoms with Gasteiger partial charge in [-0.25, -0.2) is 27.3 Å². The second-order valence-electron chi connectivity index (χ2n) is 9.86. The summed E-state index contributed by atoms with van der Waals surface area (Å²) in [4.78, 5) is 24.0. The Bertz CT molecular complexity index is 1860. The van der Waals surface area contributed by atoms with Crippen LogP contribution in [0, 0.1) is 18.3 Å². The third kappa shape index (κ3) is 6.53. The maximum Gasteiger partial charge on any atom is 0.417 e. The smallest absolute Gasteiger partial charge is 0.345 e. The fourth-order valence-electron chi connectivity index (χ4n) is 3.91. The standard InChI is InChI=1S/C26H21F6N7O3S/c1-14-4-6-18(7-5-14)43(41,42)39-19(9-15-8-17(26(30,31)32)12-34-21(15)39)20-16(10-33)11-35-23(37-20)38-24(2,3)22(40)36-13-25(27,28)29/h4-9,11-12H,13H2,1-3H3,(H,36,40)(H,35,37,38). The van der Waals surface area contributed by atoms with E-state index in [2.05, 4.69) is 20.3 Å². The fraction of sp³-hybridized carbons (Fsp3) is 0.269. The van der Waals surface area contributed by atoms with E-state index in [1.54, 1.807) is 18.3 Å². The van der Waals surface area contributed by atoms with Crippen LogP contribution < -0.4 is 10.6 Å². The van der Waals surface area contributed by atoms with Gasteiger partial charge in [0.1, 0.15) is 23.8 Å². The van der Waals surface area contributed by atoms with Gasteiger partial charge in [-0.3, -0.25) is 4.79 Å². The van der Waals surface area contributed by atoms with Crippen molar-refractivity contribution in [2.75, 3.05) is 11.9 Å². The predicted molar refractivity (Wildman–Crippen MR) is 141 cm³/mol. The van der Waals surface area contributed by atoms with Gasteiger partial charge in [0.15, 0.2) is 5.65 Å². The number of nitrogens with zero attached hydrogens (tertiary/aromatic N) is 5. The molecule has 226 valence electrons. The average molecular weight is 626 g/mol. The van der Waals surface area contributed by atoms with Gasteiger partial charge in [-0.1, -0.05) is 17.7 Å². The van der Waals surface area contributed by atoms with E-state index >= 15 is 0 Å². The number of nitriles is 1. The van der Waals surface area contributed by atoms with Crippen LogP contribution in [0.3, 0.4) is 0 Å². The molecule has 3 aromatic heterocycles. The minimum Gasteiger partial charge on any atom is -0.345 e. The first kappa shape index (κ1) is 31.2. The lowest BCUT2D eigenvalue weighted by Crippen LogP contribution is -2.50. The molecule has 0 aliphatic rings. The second kappa shape index (κ2) is 10.8. The summed E-state index contributed by atoms with van der Waals surface area (Å²) >= 11 is 0. The zero-order valence-corrected chi connectivity index (χ0v) is 23.3. The first-order valence-corrected chi connectivity index (χ1v) is 13.6. The van der Waals surface area contributed by atoms with Crippen molar-refractivity contribution in [3.05, 3.63) is 65.5 Å². The van der Waals surface area contributed by atoms with Crippen molar-refractivity contribution in [1.82, 2.24) is 24.2 Å². The molecule has 43 heavy (non-hydrogen) atoms. The first-order chi connectivity index (χ1) is 19.8. The number of hydrogen-bond donors (Lipinski definition) is 2. The number of aryl methyl sites for hydroxylation is 1. The number of pyridine rings is 1. The summed E-state index contributed by atoms with van der Waals surface area (Å²) < 4.78 is 107. The van der Waals surface area contributed by atoms with E-state index in [0.717, 1.165) is 17.8 Å². The molecule has 1 aromatic carbocycles. The third-order valence-electron chi connectivity index (χ3n) is 6.08. The lowest BCUT2D eigenvalue weighted by Gasteiger charge is -2.25. The topological polar surface area (TPSA) is 143 Å². The highest BCUT2D eigenvalue weighted by atomic mass is 32.2. The highest BCUT2D eigenvalue weighted by molar-refractivity contribution is 7.90. The van der Waals surface area contributed by atoms with Crippen LogP contribution in [0.2, 0.25) is 0 Å². The summed E-state index contributed by atoms with van der Waals surface area (Å²) in [6.45, 7) is 2.55. The van der Waals surface area contributed by atoms with Crippen molar-refractivity contribution in [3.8, 4) is 17.5 Å². The molecule has 4 aromatic rings. The second-order valence-corrected chi connectivity index (χ2v) is 11.6. The van der Waals surface area contributed by atoms with Crippen LogP contribution in [0.15, 0.2) is 53.7 Å². The van der Waals surface area contributed by atoms with Gasteiger partial charge in [0.2, 0.25) is 11.9 Å². The summed E-state index contributed by atoms with van der Waals surface area (Å²) in [6, 6.07) is 9.10. The van der Waals surface area contributed by atoms with E-state index in [1.807, 2.05) is 0 Å². The number of halogens is 6. The minimum absolute atomic E-state index is 0.244. The molecule has 10 nitrogen and oxygen atoms in total. The van der Waals surface area contributed by atoms with E-state index < -0.39 is 57.5 Å². The van der Waals surface area contributed by atoms with Crippen molar-refractivity contribution in [2.45, 2.75) is 43.6 Å². The van der Waals surface area contributed by atoms with Crippen molar-refractivity contribution in [1.29, 1.82) is 5.26 Å². The molecular formula is C26H21F6N7O3S. The van der Waals surface area contributed by atoms with Gasteiger partial charge < -0.3 is 10.6 Å². The van der Waals surface area contributed by atoms with Gasteiger partial charge in [-0.05, 0) is 45.0 Å². The number of anilines is 1. The molecule has 17 heteroatoms. The van der Waals surface area contributed by atoms with E-state index in [9.17, 15) is 44.8 Å². The van der Waals surface area contributed by atoms with Crippen LogP contribution in [0.4, 0.5) is 32.3 Å². The maximum absolute atomic E-state index is 13.9. The lowest BCUT2D eigenvalue weighted by molar-refractivity contribution is -0.140. The van der Waals surface area contributed by atoms with E-state index in [4.69, 9.17) is 0 Å². The van der Waals surface area contributed by atoms with E-state index in [0.29, 0.717) is 16.2 Å². The summed E-state index contributed by atoms with van der Waals surface area (Å²) in [5.74, 6) is -1.48. The van der Waals surface area contributed by atoms with Crippen molar-refractivity contribution < 1.29 is 39.6 Å². The number of benzene rings is 1. The van der Waals surface area contributed by atoms with Crippen LogP contribution in [0.5, 0.6) is 0 Å². The minimum atomic E-state index is -4.80. The maximum atomic E-state index is 13.9. The molecule has 0 aliphatic carbocycles. The number of carbonyl (C=O) groups is 1. The number of rotatable bonds is 7. The number of hydrogen-bond acceptors (Lipinski definition) is 8. The normalized spacial score (nSPS) is 12.7. The Morgan fingerprint density at radius 1 is 1.02 bits per heavy atom. The zero-order valence-electron chi connectivity index (χ0n) is 22.5. The lowest BCUT2D eigenvalue weighted by atomic mass is 10.1. The first-order valence-electron chi connectivity index (χ1n) is 12.2. The van der Waals surface area contributed by atoms with Crippen LogP contribution in [-0.4, -0.2) is 51.5 Å². The molecule has 0 saturated carbocycles. The fourth-order valence-corrected chi connectivity index (χ4v) is 5.38. The Kier molecular flexibility index (Phi) is 7.87. The molecule has 0 radical (unpaired) electrons. The SMILES string of the molecule is Cc1ccc(S(=O)(=O)n2c(-c3nc(NC(C)(C)C(=O)NCC(F)(F)F)ncc3C#N)cc3cc(C(F)(F)F)cnc32)cc1. The Hall–Kier alpha value is -4.72. The monoisotopic (exact) mass is 625 g/mol. The number of amides is 1. The number of fused-ring (bicyclic) bond motifs is 1. The molecule has 0 bridgehead atoms. The highest BCUT2D eigenvalue weighted by Gasteiger charge is 2.35. The van der Waals surface area contributed by atoms with Crippen LogP contribution in [0.25, 0.3) is 22.4 Å². The Labute approximate surface area is 240 Å². The molecule has 0 atom stereocenters. The van der Waals surface area contributed by atoms with Gasteiger partial charge in [-0.15, -0.1) is 0 Å². The molecule has 0 fully saturated rings. The van der Waals surface area contributed by atoms with Crippen LogP contribution in [-0.2, 0) is 21.0 Å². The van der Waals surface area contributed by atoms with Gasteiger partial charge in [0, 0.05) is 11.6 Å². The number of nitrogens with one attached hydrogen (secondary N) is 2. The third-order valence-corrected chi connectivity index (χ3v) is 7.80. The largest absolute Gasteiger partial charge is 0.417 e. The highest BCUT2D eigenvalue weighted by Crippen LogP contribution is 2.36. The average Bonchev–Trinajstić information content (AvgIpc) is 3.30. The zero-order chi connectivity index (χ0) is 32.0. The predicted octanol–water partition coefficient (Wildman–Crippen LogP) is 4.80. The van der Waals surface area contributed by atoms with E-state index in [1.165, 1.54) is 38.1 Å². The van der Waals surface area contributed by atoms with Crippen LogP contribution in [0.1, 0.15) is 30.5 Å². The molecule has 0 saturated heterocycles. The van der Waals surface area contributed by atoms with Crippen molar-refractivity contribution in [3.63, 3.8) is 0 Å². The summed E-state index contributed by atoms with van der Waals surface area (Å²) in [5, 5.41) is 13.8. The van der Waals surface area contributed by atoms with E-state index in [-0.39, 0.29) is 27.2 Å². The van der Waals surface area contributed by atoms with Gasteiger partial charge in [-0.2, -0.15) is 31.6 Å². The van der Waals surface area contributed by atoms with Crippen LogP contribution >= 0.6 is 0 Å². The number of alkyl halides is 6. The molecule has 1 amide bonds. The van der Waals surface area contributed by atoms with Gasteiger partial charge in [0.25, 0.3) is 10.0 Å². The quantitative estimate of drug-likeness (QED) is 0.279.